The molecule has 0 atom stereocenters. The Morgan fingerprint density at radius 2 is 2.16 bits per heavy atom. The summed E-state index contributed by atoms with van der Waals surface area (Å²) in [5, 5.41) is 0. The topological polar surface area (TPSA) is 55.7 Å². The fourth-order valence-corrected chi connectivity index (χ4v) is 2.33. The lowest BCUT2D eigenvalue weighted by atomic mass is 9.72. The first-order chi connectivity index (χ1) is 9.04. The van der Waals surface area contributed by atoms with Gasteiger partial charge in [-0.2, -0.15) is 4.99 Å². The molecule has 0 N–H and O–H groups in total. The molecule has 0 aliphatic heterocycles. The number of hydrogen-bond acceptors (Lipinski definition) is 4. The number of isocyanates is 1. The van der Waals surface area contributed by atoms with Crippen LogP contribution in [-0.4, -0.2) is 19.2 Å². The maximum atomic E-state index is 13.9. The van der Waals surface area contributed by atoms with Gasteiger partial charge < -0.3 is 4.74 Å². The van der Waals surface area contributed by atoms with Crippen molar-refractivity contribution < 1.29 is 18.7 Å². The molecule has 2 rings (SSSR count). The van der Waals surface area contributed by atoms with E-state index in [1.54, 1.807) is 12.1 Å². The van der Waals surface area contributed by atoms with E-state index in [4.69, 9.17) is 0 Å². The zero-order valence-electron chi connectivity index (χ0n) is 10.8. The Morgan fingerprint density at radius 3 is 2.63 bits per heavy atom. The number of aliphatic imine (C=N–C) groups is 1. The van der Waals surface area contributed by atoms with Crippen molar-refractivity contribution in [2.24, 2.45) is 4.99 Å². The van der Waals surface area contributed by atoms with Crippen molar-refractivity contribution in [3.8, 4) is 0 Å². The van der Waals surface area contributed by atoms with E-state index < -0.39 is 17.3 Å². The summed E-state index contributed by atoms with van der Waals surface area (Å²) >= 11 is 0. The molecular formula is C14H14FNO3. The fourth-order valence-electron chi connectivity index (χ4n) is 2.33. The molecule has 1 aromatic rings. The number of esters is 1. The molecule has 0 aromatic heterocycles. The van der Waals surface area contributed by atoms with E-state index in [2.05, 4.69) is 9.73 Å². The Labute approximate surface area is 110 Å². The number of halogens is 1. The minimum absolute atomic E-state index is 0.171. The van der Waals surface area contributed by atoms with Crippen LogP contribution in [-0.2, 0) is 15.1 Å². The van der Waals surface area contributed by atoms with Gasteiger partial charge in [-0.15, -0.1) is 0 Å². The standard InChI is InChI=1S/C14H14FNO3/c1-9-11(13(18)19-2)6-10(7-12(9)15)14(16-8-17)4-3-5-14/h6-7H,3-5H2,1-2H3. The van der Waals surface area contributed by atoms with Gasteiger partial charge in [0, 0.05) is 0 Å². The second-order valence-corrected chi connectivity index (χ2v) is 4.71. The van der Waals surface area contributed by atoms with Crippen molar-refractivity contribution in [1.29, 1.82) is 0 Å². The zero-order chi connectivity index (χ0) is 14.0. The van der Waals surface area contributed by atoms with Gasteiger partial charge in [-0.1, -0.05) is 0 Å². The minimum Gasteiger partial charge on any atom is -0.465 e. The molecule has 0 bridgehead atoms. The van der Waals surface area contributed by atoms with Crippen LogP contribution in [0.5, 0.6) is 0 Å². The highest BCUT2D eigenvalue weighted by atomic mass is 19.1. The number of methoxy groups -OCH3 is 1. The fraction of sp³-hybridized carbons (Fsp3) is 0.429. The summed E-state index contributed by atoms with van der Waals surface area (Å²) in [5.74, 6) is -1.09. The number of nitrogens with zero attached hydrogens (tertiary/aromatic N) is 1. The van der Waals surface area contributed by atoms with E-state index >= 15 is 0 Å². The molecule has 0 amide bonds. The lowest BCUT2D eigenvalue weighted by molar-refractivity contribution is 0.0599. The van der Waals surface area contributed by atoms with E-state index in [1.165, 1.54) is 20.1 Å². The van der Waals surface area contributed by atoms with Crippen LogP contribution in [0.2, 0.25) is 0 Å². The SMILES string of the molecule is COC(=O)c1cc(C2(N=C=O)CCC2)cc(F)c1C. The van der Waals surface area contributed by atoms with Crippen molar-refractivity contribution in [2.75, 3.05) is 7.11 Å². The van der Waals surface area contributed by atoms with Crippen molar-refractivity contribution in [3.05, 3.63) is 34.6 Å². The van der Waals surface area contributed by atoms with Crippen LogP contribution >= 0.6 is 0 Å². The molecule has 1 saturated carbocycles. The average molecular weight is 263 g/mol. The maximum absolute atomic E-state index is 13.9. The lowest BCUT2D eigenvalue weighted by Crippen LogP contribution is -2.32. The second-order valence-electron chi connectivity index (χ2n) is 4.71. The van der Waals surface area contributed by atoms with E-state index in [1.807, 2.05) is 0 Å². The zero-order valence-corrected chi connectivity index (χ0v) is 10.8. The quantitative estimate of drug-likeness (QED) is 0.478. The number of carbonyl (C=O) groups excluding carboxylic acids is 2. The Bertz CT molecular complexity index is 572. The molecule has 5 heteroatoms. The van der Waals surface area contributed by atoms with Gasteiger partial charge in [-0.3, -0.25) is 0 Å². The molecule has 0 unspecified atom stereocenters. The van der Waals surface area contributed by atoms with Crippen LogP contribution in [0.3, 0.4) is 0 Å². The number of rotatable bonds is 3. The van der Waals surface area contributed by atoms with E-state index in [0.717, 1.165) is 6.42 Å². The van der Waals surface area contributed by atoms with Crippen LogP contribution in [0.25, 0.3) is 0 Å². The lowest BCUT2D eigenvalue weighted by Gasteiger charge is -2.37. The molecule has 1 fully saturated rings. The van der Waals surface area contributed by atoms with Crippen molar-refractivity contribution >= 4 is 12.0 Å². The van der Waals surface area contributed by atoms with Crippen LogP contribution in [0, 0.1) is 12.7 Å². The van der Waals surface area contributed by atoms with Gasteiger partial charge in [0.15, 0.2) is 0 Å². The summed E-state index contributed by atoms with van der Waals surface area (Å²) in [7, 11) is 1.25. The van der Waals surface area contributed by atoms with Crippen molar-refractivity contribution in [2.45, 2.75) is 31.7 Å². The number of carbonyl (C=O) groups is 1. The molecule has 1 aromatic carbocycles. The number of ether oxygens (including phenoxy) is 1. The number of hydrogen-bond donors (Lipinski definition) is 0. The van der Waals surface area contributed by atoms with E-state index in [-0.39, 0.29) is 11.1 Å². The second kappa shape index (κ2) is 4.94. The third-order valence-electron chi connectivity index (χ3n) is 3.73. The molecule has 19 heavy (non-hydrogen) atoms. The first kappa shape index (κ1) is 13.4. The molecule has 4 nitrogen and oxygen atoms in total. The Morgan fingerprint density at radius 1 is 1.47 bits per heavy atom. The summed E-state index contributed by atoms with van der Waals surface area (Å²) in [4.78, 5) is 26.0. The predicted molar refractivity (Wildman–Crippen MR) is 66.1 cm³/mol. The normalized spacial score (nSPS) is 16.2. The Hall–Kier alpha value is -2.00. The molecule has 100 valence electrons. The minimum atomic E-state index is -0.723. The van der Waals surface area contributed by atoms with Crippen LogP contribution in [0.15, 0.2) is 17.1 Å². The summed E-state index contributed by atoms with van der Waals surface area (Å²) in [6.45, 7) is 1.52. The molecular weight excluding hydrogens is 249 g/mol. The van der Waals surface area contributed by atoms with Gasteiger partial charge in [0.1, 0.15) is 5.82 Å². The highest BCUT2D eigenvalue weighted by molar-refractivity contribution is 5.91. The van der Waals surface area contributed by atoms with Gasteiger partial charge in [-0.25, -0.2) is 14.0 Å². The average Bonchev–Trinajstić information content (AvgIpc) is 2.36. The van der Waals surface area contributed by atoms with Gasteiger partial charge in [-0.05, 0) is 49.4 Å². The molecule has 1 aliphatic carbocycles. The molecule has 0 heterocycles. The Balaban J connectivity index is 2.56. The van der Waals surface area contributed by atoms with Crippen molar-refractivity contribution in [1.82, 2.24) is 0 Å². The van der Waals surface area contributed by atoms with Gasteiger partial charge >= 0.3 is 5.97 Å². The van der Waals surface area contributed by atoms with Gasteiger partial charge in [0.25, 0.3) is 0 Å². The highest BCUT2D eigenvalue weighted by Gasteiger charge is 2.40. The monoisotopic (exact) mass is 263 g/mol. The molecule has 0 radical (unpaired) electrons. The first-order valence-corrected chi connectivity index (χ1v) is 6.02. The summed E-state index contributed by atoms with van der Waals surface area (Å²) in [5.41, 5.74) is 0.217. The highest BCUT2D eigenvalue weighted by Crippen LogP contribution is 2.45. The summed E-state index contributed by atoms with van der Waals surface area (Å²) in [6, 6.07) is 2.89. The number of benzene rings is 1. The third-order valence-corrected chi connectivity index (χ3v) is 3.73. The summed E-state index contributed by atoms with van der Waals surface area (Å²) < 4.78 is 18.6. The van der Waals surface area contributed by atoms with Crippen molar-refractivity contribution in [3.63, 3.8) is 0 Å². The predicted octanol–water partition coefficient (Wildman–Crippen LogP) is 2.64. The largest absolute Gasteiger partial charge is 0.465 e. The van der Waals surface area contributed by atoms with Crippen LogP contribution in [0.1, 0.15) is 40.7 Å². The smallest absolute Gasteiger partial charge is 0.338 e. The van der Waals surface area contributed by atoms with Gasteiger partial charge in [0.05, 0.1) is 18.2 Å². The molecule has 1 aliphatic rings. The maximum Gasteiger partial charge on any atom is 0.338 e. The van der Waals surface area contributed by atoms with E-state index in [0.29, 0.717) is 18.4 Å². The Kier molecular flexibility index (Phi) is 3.49. The van der Waals surface area contributed by atoms with Crippen LogP contribution in [0.4, 0.5) is 4.39 Å². The van der Waals surface area contributed by atoms with E-state index in [9.17, 15) is 14.0 Å². The van der Waals surface area contributed by atoms with Crippen LogP contribution < -0.4 is 0 Å². The third kappa shape index (κ3) is 2.17. The molecule has 0 saturated heterocycles. The van der Waals surface area contributed by atoms with Gasteiger partial charge in [0.2, 0.25) is 6.08 Å². The molecule has 0 spiro atoms. The first-order valence-electron chi connectivity index (χ1n) is 6.02. The summed E-state index contributed by atoms with van der Waals surface area (Å²) in [6.07, 6.45) is 3.77.